The molecule has 0 N–H and O–H groups in total. The molecule has 17 heavy (non-hydrogen) atoms. The van der Waals surface area contributed by atoms with Crippen LogP contribution in [0.5, 0.6) is 11.5 Å². The van der Waals surface area contributed by atoms with Crippen LogP contribution >= 0.6 is 11.6 Å². The van der Waals surface area contributed by atoms with E-state index in [2.05, 4.69) is 0 Å². The van der Waals surface area contributed by atoms with Crippen molar-refractivity contribution in [2.24, 2.45) is 0 Å². The topological polar surface area (TPSA) is 35.5 Å². The zero-order chi connectivity index (χ0) is 11.8. The maximum atomic E-state index is 11.5. The zero-order valence-electron chi connectivity index (χ0n) is 9.11. The van der Waals surface area contributed by atoms with E-state index < -0.39 is 0 Å². The third kappa shape index (κ3) is 2.03. The van der Waals surface area contributed by atoms with Gasteiger partial charge < -0.3 is 9.47 Å². The summed E-state index contributed by atoms with van der Waals surface area (Å²) in [6, 6.07) is 5.80. The largest absolute Gasteiger partial charge is 0.454 e. The lowest BCUT2D eigenvalue weighted by Crippen LogP contribution is -2.10. The Morgan fingerprint density at radius 1 is 1.18 bits per heavy atom. The molecule has 1 aromatic carbocycles. The lowest BCUT2D eigenvalue weighted by atomic mass is 9.87. The van der Waals surface area contributed by atoms with E-state index in [1.807, 2.05) is 18.2 Å². The predicted octanol–water partition coefficient (Wildman–Crippen LogP) is 2.98. The predicted molar refractivity (Wildman–Crippen MR) is 63.5 cm³/mol. The Kier molecular flexibility index (Phi) is 2.56. The van der Waals surface area contributed by atoms with Gasteiger partial charge in [-0.3, -0.25) is 4.79 Å². The van der Waals surface area contributed by atoms with Gasteiger partial charge in [0.2, 0.25) is 6.79 Å². The fourth-order valence-electron chi connectivity index (χ4n) is 2.25. The van der Waals surface area contributed by atoms with Crippen molar-refractivity contribution in [1.82, 2.24) is 0 Å². The number of fused-ring (bicyclic) bond motifs is 1. The van der Waals surface area contributed by atoms with Gasteiger partial charge in [-0.25, -0.2) is 0 Å². The molecule has 3 rings (SSSR count). The van der Waals surface area contributed by atoms with Gasteiger partial charge in [-0.05, 0) is 36.1 Å². The molecule has 0 amide bonds. The zero-order valence-corrected chi connectivity index (χ0v) is 9.87. The second-order valence-electron chi connectivity index (χ2n) is 4.28. The normalized spacial score (nSPS) is 22.5. The van der Waals surface area contributed by atoms with Crippen molar-refractivity contribution in [3.8, 4) is 11.5 Å². The number of allylic oxidation sites excluding steroid dienone is 2. The molecule has 0 radical (unpaired) electrons. The van der Waals surface area contributed by atoms with Crippen molar-refractivity contribution >= 4 is 17.4 Å². The Hall–Kier alpha value is -1.48. The van der Waals surface area contributed by atoms with E-state index in [0.717, 1.165) is 17.1 Å². The van der Waals surface area contributed by atoms with Crippen LogP contribution in [0.1, 0.15) is 24.3 Å². The molecule has 88 valence electrons. The number of carbonyl (C=O) groups is 1. The fourth-order valence-corrected chi connectivity index (χ4v) is 2.55. The van der Waals surface area contributed by atoms with Crippen molar-refractivity contribution in [1.29, 1.82) is 0 Å². The number of ketones is 1. The number of hydrogen-bond donors (Lipinski definition) is 0. The fraction of sp³-hybridized carbons (Fsp3) is 0.308. The molecule has 1 atom stereocenters. The summed E-state index contributed by atoms with van der Waals surface area (Å²) in [5.41, 5.74) is 1.08. The first-order valence-electron chi connectivity index (χ1n) is 5.51. The number of halogens is 1. The summed E-state index contributed by atoms with van der Waals surface area (Å²) in [4.78, 5) is 11.5. The molecular weight excluding hydrogens is 240 g/mol. The molecule has 0 saturated carbocycles. The van der Waals surface area contributed by atoms with Gasteiger partial charge in [-0.1, -0.05) is 17.7 Å². The van der Waals surface area contributed by atoms with Crippen LogP contribution in [0.3, 0.4) is 0 Å². The lowest BCUT2D eigenvalue weighted by Gasteiger charge is -2.19. The first kappa shape index (κ1) is 10.7. The summed E-state index contributed by atoms with van der Waals surface area (Å²) in [5.74, 6) is 1.75. The average molecular weight is 251 g/mol. The molecule has 1 unspecified atom stereocenters. The van der Waals surface area contributed by atoms with Crippen LogP contribution in [0.25, 0.3) is 0 Å². The molecule has 0 spiro atoms. The highest BCUT2D eigenvalue weighted by Crippen LogP contribution is 2.39. The molecule has 0 aromatic heterocycles. The van der Waals surface area contributed by atoms with E-state index in [4.69, 9.17) is 21.1 Å². The molecule has 0 bridgehead atoms. The molecule has 1 aromatic rings. The van der Waals surface area contributed by atoms with Gasteiger partial charge in [0.1, 0.15) is 0 Å². The highest BCUT2D eigenvalue weighted by atomic mass is 35.5. The maximum Gasteiger partial charge on any atom is 0.231 e. The van der Waals surface area contributed by atoms with Crippen LogP contribution in [0.4, 0.5) is 0 Å². The van der Waals surface area contributed by atoms with Gasteiger partial charge in [0, 0.05) is 11.5 Å². The first-order valence-corrected chi connectivity index (χ1v) is 5.88. The Labute approximate surface area is 104 Å². The van der Waals surface area contributed by atoms with Gasteiger partial charge in [-0.2, -0.15) is 0 Å². The SMILES string of the molecule is O=C1C=C(Cl)CC(c2ccc3c(c2)OCO3)C1. The summed E-state index contributed by atoms with van der Waals surface area (Å²) in [6.45, 7) is 0.267. The van der Waals surface area contributed by atoms with E-state index >= 15 is 0 Å². The van der Waals surface area contributed by atoms with Crippen LogP contribution in [0.2, 0.25) is 0 Å². The van der Waals surface area contributed by atoms with Crippen LogP contribution in [0, 0.1) is 0 Å². The van der Waals surface area contributed by atoms with Crippen molar-refractivity contribution in [3.05, 3.63) is 34.9 Å². The monoisotopic (exact) mass is 250 g/mol. The Bertz CT molecular complexity index is 507. The smallest absolute Gasteiger partial charge is 0.231 e. The molecule has 1 aliphatic carbocycles. The van der Waals surface area contributed by atoms with Crippen LogP contribution in [-0.2, 0) is 4.79 Å². The van der Waals surface area contributed by atoms with Crippen LogP contribution < -0.4 is 9.47 Å². The van der Waals surface area contributed by atoms with Crippen LogP contribution in [0.15, 0.2) is 29.3 Å². The highest BCUT2D eigenvalue weighted by molar-refractivity contribution is 6.31. The second kappa shape index (κ2) is 4.08. The molecule has 3 nitrogen and oxygen atoms in total. The molecule has 0 fully saturated rings. The minimum absolute atomic E-state index is 0.0870. The summed E-state index contributed by atoms with van der Waals surface area (Å²) in [6.07, 6.45) is 2.74. The second-order valence-corrected chi connectivity index (χ2v) is 4.76. The van der Waals surface area contributed by atoms with Crippen molar-refractivity contribution < 1.29 is 14.3 Å². The van der Waals surface area contributed by atoms with E-state index in [9.17, 15) is 4.79 Å². The van der Waals surface area contributed by atoms with Crippen molar-refractivity contribution in [3.63, 3.8) is 0 Å². The summed E-state index contributed by atoms with van der Waals surface area (Å²) < 4.78 is 10.6. The lowest BCUT2D eigenvalue weighted by molar-refractivity contribution is -0.115. The number of ether oxygens (including phenoxy) is 2. The van der Waals surface area contributed by atoms with Crippen molar-refractivity contribution in [2.45, 2.75) is 18.8 Å². The van der Waals surface area contributed by atoms with E-state index in [0.29, 0.717) is 17.9 Å². The number of carbonyl (C=O) groups excluding carboxylic acids is 1. The molecular formula is C13H11ClO3. The standard InChI is InChI=1S/C13H11ClO3/c14-10-3-9(4-11(15)6-10)8-1-2-12-13(5-8)17-7-16-12/h1-2,5-6,9H,3-4,7H2. The third-order valence-electron chi connectivity index (χ3n) is 3.07. The minimum atomic E-state index is 0.0870. The first-order chi connectivity index (χ1) is 8.22. The quantitative estimate of drug-likeness (QED) is 0.769. The van der Waals surface area contributed by atoms with Gasteiger partial charge in [0.25, 0.3) is 0 Å². The maximum absolute atomic E-state index is 11.5. The highest BCUT2D eigenvalue weighted by Gasteiger charge is 2.23. The van der Waals surface area contributed by atoms with Gasteiger partial charge >= 0.3 is 0 Å². The van der Waals surface area contributed by atoms with Crippen LogP contribution in [-0.4, -0.2) is 12.6 Å². The molecule has 4 heteroatoms. The number of hydrogen-bond acceptors (Lipinski definition) is 3. The summed E-state index contributed by atoms with van der Waals surface area (Å²) in [7, 11) is 0. The molecule has 1 aliphatic heterocycles. The van der Waals surface area contributed by atoms with E-state index in [1.165, 1.54) is 6.08 Å². The van der Waals surface area contributed by atoms with Crippen molar-refractivity contribution in [2.75, 3.05) is 6.79 Å². The molecule has 2 aliphatic rings. The van der Waals surface area contributed by atoms with E-state index in [-0.39, 0.29) is 18.5 Å². The average Bonchev–Trinajstić information content (AvgIpc) is 2.74. The Balaban J connectivity index is 1.90. The number of benzene rings is 1. The summed E-state index contributed by atoms with van der Waals surface area (Å²) >= 11 is 5.96. The molecule has 1 heterocycles. The Morgan fingerprint density at radius 2 is 2.00 bits per heavy atom. The summed E-state index contributed by atoms with van der Waals surface area (Å²) in [5, 5.41) is 0.629. The van der Waals surface area contributed by atoms with Gasteiger partial charge in [0.05, 0.1) is 0 Å². The minimum Gasteiger partial charge on any atom is -0.454 e. The number of rotatable bonds is 1. The third-order valence-corrected chi connectivity index (χ3v) is 3.34. The molecule has 0 saturated heterocycles. The van der Waals surface area contributed by atoms with E-state index in [1.54, 1.807) is 0 Å². The Morgan fingerprint density at radius 3 is 2.82 bits per heavy atom. The van der Waals surface area contributed by atoms with Gasteiger partial charge in [0.15, 0.2) is 17.3 Å². The van der Waals surface area contributed by atoms with Gasteiger partial charge in [-0.15, -0.1) is 0 Å².